The average Bonchev–Trinajstić information content (AvgIpc) is 3.36. The second-order valence-corrected chi connectivity index (χ2v) is 9.71. The van der Waals surface area contributed by atoms with Crippen molar-refractivity contribution in [3.8, 4) is 5.75 Å². The van der Waals surface area contributed by atoms with E-state index in [4.69, 9.17) is 4.74 Å². The summed E-state index contributed by atoms with van der Waals surface area (Å²) in [5.41, 5.74) is 1.95. The van der Waals surface area contributed by atoms with E-state index in [9.17, 15) is 14.7 Å². The Balaban J connectivity index is 1.86. The van der Waals surface area contributed by atoms with Crippen LogP contribution in [0.3, 0.4) is 0 Å². The zero-order valence-corrected chi connectivity index (χ0v) is 20.2. The third kappa shape index (κ3) is 4.10. The van der Waals surface area contributed by atoms with Gasteiger partial charge in [-0.3, -0.25) is 14.5 Å². The maximum atomic E-state index is 13.2. The first-order valence-electron chi connectivity index (χ1n) is 10.2. The predicted octanol–water partition coefficient (Wildman–Crippen LogP) is 6.23. The van der Waals surface area contributed by atoms with Crippen LogP contribution in [-0.2, 0) is 9.59 Å². The highest BCUT2D eigenvalue weighted by Gasteiger charge is 2.47. The molecule has 1 aliphatic heterocycles. The Morgan fingerprint density at radius 2 is 1.91 bits per heavy atom. The van der Waals surface area contributed by atoms with E-state index in [-0.39, 0.29) is 17.4 Å². The molecule has 1 amide bonds. The van der Waals surface area contributed by atoms with Crippen LogP contribution in [0.4, 0.5) is 5.69 Å². The first-order valence-corrected chi connectivity index (χ1v) is 11.8. The molecule has 0 spiro atoms. The van der Waals surface area contributed by atoms with Crippen LogP contribution in [-0.4, -0.2) is 22.9 Å². The monoisotopic (exact) mass is 511 g/mol. The molecule has 3 aromatic rings. The summed E-state index contributed by atoms with van der Waals surface area (Å²) >= 11 is 4.86. The lowest BCUT2D eigenvalue weighted by Crippen LogP contribution is -2.29. The highest BCUT2D eigenvalue weighted by atomic mass is 79.9. The third-order valence-electron chi connectivity index (χ3n) is 5.15. The number of thiophene rings is 1. The lowest BCUT2D eigenvalue weighted by molar-refractivity contribution is -0.132. The van der Waals surface area contributed by atoms with Crippen LogP contribution in [0.15, 0.2) is 70.0 Å². The molecule has 1 N–H and O–H groups in total. The van der Waals surface area contributed by atoms with Crippen molar-refractivity contribution < 1.29 is 19.4 Å². The Bertz CT molecular complexity index is 1220. The molecular formula is C25H22BrNO4S. The number of amides is 1. The van der Waals surface area contributed by atoms with Crippen LogP contribution in [0.5, 0.6) is 5.75 Å². The summed E-state index contributed by atoms with van der Waals surface area (Å²) in [5, 5.41) is 13.1. The van der Waals surface area contributed by atoms with Crippen LogP contribution in [0.2, 0.25) is 0 Å². The fraction of sp³-hybridized carbons (Fsp3) is 0.200. The summed E-state index contributed by atoms with van der Waals surface area (Å²) < 4.78 is 6.57. The molecule has 1 aromatic heterocycles. The van der Waals surface area contributed by atoms with Gasteiger partial charge in [-0.05, 0) is 74.2 Å². The molecule has 4 rings (SSSR count). The van der Waals surface area contributed by atoms with E-state index in [1.807, 2.05) is 44.4 Å². The molecule has 0 bridgehead atoms. The molecule has 1 fully saturated rings. The van der Waals surface area contributed by atoms with Gasteiger partial charge < -0.3 is 9.84 Å². The highest BCUT2D eigenvalue weighted by molar-refractivity contribution is 9.10. The fourth-order valence-corrected chi connectivity index (χ4v) is 4.99. The average molecular weight is 512 g/mol. The Morgan fingerprint density at radius 1 is 1.12 bits per heavy atom. The fourth-order valence-electron chi connectivity index (χ4n) is 3.78. The topological polar surface area (TPSA) is 66.8 Å². The van der Waals surface area contributed by atoms with Crippen LogP contribution in [0, 0.1) is 6.92 Å². The van der Waals surface area contributed by atoms with Crippen LogP contribution in [0.1, 0.15) is 35.9 Å². The van der Waals surface area contributed by atoms with Gasteiger partial charge in [0.25, 0.3) is 11.7 Å². The summed E-state index contributed by atoms with van der Waals surface area (Å²) in [4.78, 5) is 28.5. The summed E-state index contributed by atoms with van der Waals surface area (Å²) in [6.45, 7) is 5.76. The summed E-state index contributed by atoms with van der Waals surface area (Å²) in [5.74, 6) is -0.861. The summed E-state index contributed by atoms with van der Waals surface area (Å²) in [7, 11) is 0. The standard InChI is InChI=1S/C25H22BrNO4S/c1-14(2)31-19-10-9-16(12-15(19)3)23(28)21-22(20-8-5-11-32-20)27(25(30)24(21)29)18-7-4-6-17(26)13-18/h4-14,22,28H,1-3H3/b23-21-. The molecule has 5 nitrogen and oxygen atoms in total. The van der Waals surface area contributed by atoms with Gasteiger partial charge in [0.05, 0.1) is 11.7 Å². The number of benzene rings is 2. The predicted molar refractivity (Wildman–Crippen MR) is 130 cm³/mol. The van der Waals surface area contributed by atoms with E-state index in [0.29, 0.717) is 17.0 Å². The molecule has 1 atom stereocenters. The van der Waals surface area contributed by atoms with Crippen molar-refractivity contribution in [1.29, 1.82) is 0 Å². The Hall–Kier alpha value is -2.90. The number of hydrogen-bond acceptors (Lipinski definition) is 5. The van der Waals surface area contributed by atoms with Crippen molar-refractivity contribution >= 4 is 50.4 Å². The number of aryl methyl sites for hydroxylation is 1. The lowest BCUT2D eigenvalue weighted by atomic mass is 9.98. The first-order chi connectivity index (χ1) is 15.3. The molecule has 164 valence electrons. The van der Waals surface area contributed by atoms with Gasteiger partial charge in [0.1, 0.15) is 17.6 Å². The molecule has 1 aliphatic rings. The van der Waals surface area contributed by atoms with E-state index in [0.717, 1.165) is 14.9 Å². The SMILES string of the molecule is Cc1cc(/C(O)=C2/C(=O)C(=O)N(c3cccc(Br)c3)C2c2cccs2)ccc1OC(C)C. The Morgan fingerprint density at radius 3 is 2.53 bits per heavy atom. The van der Waals surface area contributed by atoms with Crippen LogP contribution < -0.4 is 9.64 Å². The van der Waals surface area contributed by atoms with Crippen molar-refractivity contribution in [3.05, 3.63) is 86.0 Å². The van der Waals surface area contributed by atoms with Crippen LogP contribution in [0.25, 0.3) is 5.76 Å². The highest BCUT2D eigenvalue weighted by Crippen LogP contribution is 2.44. The number of carbonyl (C=O) groups excluding carboxylic acids is 2. The van der Waals surface area contributed by atoms with Crippen molar-refractivity contribution in [2.45, 2.75) is 32.9 Å². The van der Waals surface area contributed by atoms with Gasteiger partial charge in [-0.1, -0.05) is 28.1 Å². The molecule has 1 saturated heterocycles. The molecule has 2 heterocycles. The lowest BCUT2D eigenvalue weighted by Gasteiger charge is -2.24. The molecule has 2 aromatic carbocycles. The van der Waals surface area contributed by atoms with E-state index < -0.39 is 17.7 Å². The number of nitrogens with zero attached hydrogens (tertiary/aromatic N) is 1. The minimum Gasteiger partial charge on any atom is -0.507 e. The van der Waals surface area contributed by atoms with Crippen molar-refractivity contribution in [1.82, 2.24) is 0 Å². The summed E-state index contributed by atoms with van der Waals surface area (Å²) in [6.07, 6.45) is 0.0162. The number of aliphatic hydroxyl groups is 1. The summed E-state index contributed by atoms with van der Waals surface area (Å²) in [6, 6.07) is 15.5. The number of rotatable bonds is 5. The minimum absolute atomic E-state index is 0.0162. The maximum absolute atomic E-state index is 13.2. The Labute approximate surface area is 199 Å². The van der Waals surface area contributed by atoms with E-state index in [2.05, 4.69) is 15.9 Å². The van der Waals surface area contributed by atoms with Crippen LogP contribution >= 0.6 is 27.3 Å². The number of halogens is 1. The number of Topliss-reactive ketones (excluding diaryl/α,β-unsaturated/α-hetero) is 1. The zero-order valence-electron chi connectivity index (χ0n) is 17.8. The quantitative estimate of drug-likeness (QED) is 0.250. The van der Waals surface area contributed by atoms with E-state index >= 15 is 0 Å². The smallest absolute Gasteiger partial charge is 0.300 e. The number of carbonyl (C=O) groups is 2. The Kier molecular flexibility index (Phi) is 6.22. The maximum Gasteiger partial charge on any atom is 0.300 e. The zero-order chi connectivity index (χ0) is 23.0. The molecule has 0 saturated carbocycles. The molecular weight excluding hydrogens is 490 g/mol. The normalized spacial score (nSPS) is 17.9. The number of ether oxygens (including phenoxy) is 1. The number of ketones is 1. The minimum atomic E-state index is -0.712. The molecule has 1 unspecified atom stereocenters. The van der Waals surface area contributed by atoms with Gasteiger partial charge in [0, 0.05) is 20.6 Å². The van der Waals surface area contributed by atoms with Gasteiger partial charge >= 0.3 is 0 Å². The largest absolute Gasteiger partial charge is 0.507 e. The number of hydrogen-bond donors (Lipinski definition) is 1. The van der Waals surface area contributed by atoms with Gasteiger partial charge in [0.2, 0.25) is 0 Å². The molecule has 32 heavy (non-hydrogen) atoms. The van der Waals surface area contributed by atoms with E-state index in [1.54, 1.807) is 36.4 Å². The second kappa shape index (κ2) is 8.92. The first kappa shape index (κ1) is 22.3. The number of aliphatic hydroxyl groups excluding tert-OH is 1. The third-order valence-corrected chi connectivity index (χ3v) is 6.57. The number of anilines is 1. The van der Waals surface area contributed by atoms with Gasteiger partial charge in [-0.15, -0.1) is 11.3 Å². The van der Waals surface area contributed by atoms with Gasteiger partial charge in [-0.2, -0.15) is 0 Å². The van der Waals surface area contributed by atoms with Crippen molar-refractivity contribution in [3.63, 3.8) is 0 Å². The van der Waals surface area contributed by atoms with Crippen molar-refractivity contribution in [2.75, 3.05) is 4.90 Å². The van der Waals surface area contributed by atoms with E-state index in [1.165, 1.54) is 16.2 Å². The molecule has 7 heteroatoms. The second-order valence-electron chi connectivity index (χ2n) is 7.81. The van der Waals surface area contributed by atoms with Gasteiger partial charge in [0.15, 0.2) is 0 Å². The molecule has 0 aliphatic carbocycles. The van der Waals surface area contributed by atoms with Crippen molar-refractivity contribution in [2.24, 2.45) is 0 Å². The van der Waals surface area contributed by atoms with Gasteiger partial charge in [-0.25, -0.2) is 0 Å². The molecule has 0 radical (unpaired) electrons.